The molecule has 0 saturated heterocycles. The van der Waals surface area contributed by atoms with Crippen molar-refractivity contribution in [1.82, 2.24) is 0 Å². The third-order valence-electron chi connectivity index (χ3n) is 4.52. The van der Waals surface area contributed by atoms with Crippen molar-refractivity contribution in [3.8, 4) is 5.75 Å². The SMILES string of the molecule is O=C1COc2ccc(C(Br)C3CCCCCCC3)cc2N1. The largest absolute Gasteiger partial charge is 0.482 e. The van der Waals surface area contributed by atoms with E-state index in [-0.39, 0.29) is 12.5 Å². The van der Waals surface area contributed by atoms with E-state index in [9.17, 15) is 4.79 Å². The summed E-state index contributed by atoms with van der Waals surface area (Å²) in [7, 11) is 0. The van der Waals surface area contributed by atoms with Gasteiger partial charge in [0.05, 0.1) is 5.69 Å². The summed E-state index contributed by atoms with van der Waals surface area (Å²) >= 11 is 3.90. The van der Waals surface area contributed by atoms with Gasteiger partial charge in [-0.2, -0.15) is 0 Å². The Morgan fingerprint density at radius 1 is 1.14 bits per heavy atom. The van der Waals surface area contributed by atoms with Crippen molar-refractivity contribution in [3.05, 3.63) is 23.8 Å². The number of fused-ring (bicyclic) bond motifs is 1. The summed E-state index contributed by atoms with van der Waals surface area (Å²) in [6.45, 7) is 0.118. The van der Waals surface area contributed by atoms with Gasteiger partial charge in [-0.3, -0.25) is 4.79 Å². The van der Waals surface area contributed by atoms with Crippen molar-refractivity contribution < 1.29 is 9.53 Å². The maximum atomic E-state index is 11.4. The Kier molecular flexibility index (Phi) is 4.84. The first-order valence-electron chi connectivity index (χ1n) is 7.95. The molecule has 1 aromatic carbocycles. The summed E-state index contributed by atoms with van der Waals surface area (Å²) in [6.07, 6.45) is 9.36. The normalized spacial score (nSPS) is 21.5. The number of carbonyl (C=O) groups is 1. The summed E-state index contributed by atoms with van der Waals surface area (Å²) < 4.78 is 5.43. The van der Waals surface area contributed by atoms with E-state index in [0.717, 1.165) is 11.4 Å². The van der Waals surface area contributed by atoms with Crippen LogP contribution in [-0.4, -0.2) is 12.5 Å². The predicted octanol–water partition coefficient (Wildman–Crippen LogP) is 4.81. The number of ether oxygens (including phenoxy) is 1. The maximum Gasteiger partial charge on any atom is 0.262 e. The van der Waals surface area contributed by atoms with Gasteiger partial charge >= 0.3 is 0 Å². The predicted molar refractivity (Wildman–Crippen MR) is 88.0 cm³/mol. The number of alkyl halides is 1. The van der Waals surface area contributed by atoms with E-state index in [4.69, 9.17) is 4.74 Å². The molecule has 2 aliphatic rings. The first-order valence-corrected chi connectivity index (χ1v) is 8.86. The van der Waals surface area contributed by atoms with Gasteiger partial charge in [0.2, 0.25) is 0 Å². The lowest BCUT2D eigenvalue weighted by Crippen LogP contribution is -2.25. The molecule has 1 unspecified atom stereocenters. The smallest absolute Gasteiger partial charge is 0.262 e. The molecule has 1 aliphatic heterocycles. The van der Waals surface area contributed by atoms with Gasteiger partial charge in [-0.1, -0.05) is 54.1 Å². The average molecular weight is 352 g/mol. The van der Waals surface area contributed by atoms with Gasteiger partial charge in [0.1, 0.15) is 5.75 Å². The third kappa shape index (κ3) is 3.60. The maximum absolute atomic E-state index is 11.4. The highest BCUT2D eigenvalue weighted by molar-refractivity contribution is 9.09. The molecule has 114 valence electrons. The first-order chi connectivity index (χ1) is 10.2. The van der Waals surface area contributed by atoms with Crippen molar-refractivity contribution in [2.24, 2.45) is 5.92 Å². The van der Waals surface area contributed by atoms with Crippen molar-refractivity contribution in [3.63, 3.8) is 0 Å². The second-order valence-electron chi connectivity index (χ2n) is 6.10. The highest BCUT2D eigenvalue weighted by Gasteiger charge is 2.23. The van der Waals surface area contributed by atoms with Crippen LogP contribution >= 0.6 is 15.9 Å². The summed E-state index contributed by atoms with van der Waals surface area (Å²) in [5, 5.41) is 2.90. The number of halogens is 1. The van der Waals surface area contributed by atoms with Gasteiger partial charge in [0, 0.05) is 4.83 Å². The van der Waals surface area contributed by atoms with Gasteiger partial charge in [0.25, 0.3) is 5.91 Å². The summed E-state index contributed by atoms with van der Waals surface area (Å²) in [6, 6.07) is 6.15. The third-order valence-corrected chi connectivity index (χ3v) is 5.79. The number of nitrogens with one attached hydrogen (secondary N) is 1. The minimum atomic E-state index is -0.0725. The molecule has 1 saturated carbocycles. The minimum Gasteiger partial charge on any atom is -0.482 e. The zero-order chi connectivity index (χ0) is 14.7. The second kappa shape index (κ2) is 6.82. The van der Waals surface area contributed by atoms with Crippen LogP contribution in [0.2, 0.25) is 0 Å². The van der Waals surface area contributed by atoms with E-state index in [1.165, 1.54) is 50.5 Å². The van der Waals surface area contributed by atoms with E-state index in [1.807, 2.05) is 6.07 Å². The van der Waals surface area contributed by atoms with E-state index < -0.39 is 0 Å². The van der Waals surface area contributed by atoms with Gasteiger partial charge in [0.15, 0.2) is 6.61 Å². The fraction of sp³-hybridized carbons (Fsp3) is 0.588. The molecule has 21 heavy (non-hydrogen) atoms. The van der Waals surface area contributed by atoms with Gasteiger partial charge in [-0.05, 0) is 36.5 Å². The van der Waals surface area contributed by atoms with Gasteiger partial charge < -0.3 is 10.1 Å². The van der Waals surface area contributed by atoms with Gasteiger partial charge in [-0.25, -0.2) is 0 Å². The van der Waals surface area contributed by atoms with E-state index in [2.05, 4.69) is 33.4 Å². The Labute approximate surface area is 134 Å². The Morgan fingerprint density at radius 2 is 1.86 bits per heavy atom. The second-order valence-corrected chi connectivity index (χ2v) is 7.09. The molecule has 1 amide bonds. The average Bonchev–Trinajstić information content (AvgIpc) is 2.45. The fourth-order valence-electron chi connectivity index (χ4n) is 3.32. The van der Waals surface area contributed by atoms with Crippen LogP contribution in [0.15, 0.2) is 18.2 Å². The monoisotopic (exact) mass is 351 g/mol. The molecule has 3 rings (SSSR count). The number of carbonyl (C=O) groups excluding carboxylic acids is 1. The summed E-state index contributed by atoms with van der Waals surface area (Å²) in [5.41, 5.74) is 2.05. The molecule has 0 radical (unpaired) electrons. The Bertz CT molecular complexity index is 510. The molecule has 0 spiro atoms. The molecule has 1 fully saturated rings. The molecule has 1 atom stereocenters. The van der Waals surface area contributed by atoms with Crippen LogP contribution in [0.1, 0.15) is 55.3 Å². The quantitative estimate of drug-likeness (QED) is 0.776. The molecule has 1 heterocycles. The van der Waals surface area contributed by atoms with Crippen LogP contribution in [0.3, 0.4) is 0 Å². The van der Waals surface area contributed by atoms with Crippen molar-refractivity contribution in [2.75, 3.05) is 11.9 Å². The Balaban J connectivity index is 1.75. The lowest BCUT2D eigenvalue weighted by Gasteiger charge is -2.26. The van der Waals surface area contributed by atoms with Gasteiger partial charge in [-0.15, -0.1) is 0 Å². The fourth-order valence-corrected chi connectivity index (χ4v) is 4.14. The van der Waals surface area contributed by atoms with E-state index in [0.29, 0.717) is 10.7 Å². The number of benzene rings is 1. The first kappa shape index (κ1) is 14.9. The number of hydrogen-bond acceptors (Lipinski definition) is 2. The molecule has 1 aromatic rings. The van der Waals surface area contributed by atoms with E-state index in [1.54, 1.807) is 0 Å². The molecule has 0 bridgehead atoms. The van der Waals surface area contributed by atoms with Crippen molar-refractivity contribution >= 4 is 27.5 Å². The summed E-state index contributed by atoms with van der Waals surface area (Å²) in [4.78, 5) is 11.8. The van der Waals surface area contributed by atoms with Crippen LogP contribution in [0.5, 0.6) is 5.75 Å². The lowest BCUT2D eigenvalue weighted by molar-refractivity contribution is -0.118. The number of anilines is 1. The van der Waals surface area contributed by atoms with Crippen LogP contribution < -0.4 is 10.1 Å². The standard InChI is InChI=1S/C17H22BrNO2/c18-17(12-6-4-2-1-3-5-7-12)13-8-9-15-14(10-13)19-16(20)11-21-15/h8-10,12,17H,1-7,11H2,(H,19,20). The molecule has 0 aromatic heterocycles. The van der Waals surface area contributed by atoms with Crippen molar-refractivity contribution in [1.29, 1.82) is 0 Å². The molecule has 4 heteroatoms. The summed E-state index contributed by atoms with van der Waals surface area (Å²) in [5.74, 6) is 1.39. The van der Waals surface area contributed by atoms with Crippen LogP contribution in [-0.2, 0) is 4.79 Å². The van der Waals surface area contributed by atoms with Crippen LogP contribution in [0, 0.1) is 5.92 Å². The lowest BCUT2D eigenvalue weighted by atomic mass is 9.86. The Morgan fingerprint density at radius 3 is 2.62 bits per heavy atom. The minimum absolute atomic E-state index is 0.0725. The number of hydrogen-bond donors (Lipinski definition) is 1. The zero-order valence-corrected chi connectivity index (χ0v) is 13.8. The van der Waals surface area contributed by atoms with E-state index >= 15 is 0 Å². The highest BCUT2D eigenvalue weighted by atomic mass is 79.9. The molecular formula is C17H22BrNO2. The molecule has 3 nitrogen and oxygen atoms in total. The molecule has 1 N–H and O–H groups in total. The van der Waals surface area contributed by atoms with Crippen LogP contribution in [0.4, 0.5) is 5.69 Å². The molecular weight excluding hydrogens is 330 g/mol. The van der Waals surface area contributed by atoms with Crippen molar-refractivity contribution in [2.45, 2.75) is 49.8 Å². The van der Waals surface area contributed by atoms with Crippen LogP contribution in [0.25, 0.3) is 0 Å². The highest BCUT2D eigenvalue weighted by Crippen LogP contribution is 2.41. The number of amides is 1. The topological polar surface area (TPSA) is 38.3 Å². The zero-order valence-electron chi connectivity index (χ0n) is 12.2. The number of rotatable bonds is 2. The Hall–Kier alpha value is -1.03. The molecule has 1 aliphatic carbocycles.